The van der Waals surface area contributed by atoms with Crippen molar-refractivity contribution in [2.75, 3.05) is 0 Å². The van der Waals surface area contributed by atoms with E-state index in [9.17, 15) is 0 Å². The molecule has 72 valence electrons. The van der Waals surface area contributed by atoms with Crippen LogP contribution in [0.3, 0.4) is 0 Å². The van der Waals surface area contributed by atoms with Crippen molar-refractivity contribution in [1.29, 1.82) is 0 Å². The smallest absolute Gasteiger partial charge is 0.107 e. The molecular weight excluding hydrogens is 172 g/mol. The molecule has 0 aliphatic rings. The van der Waals surface area contributed by atoms with Crippen LogP contribution < -0.4 is 0 Å². The van der Waals surface area contributed by atoms with Crippen LogP contribution in [-0.2, 0) is 6.54 Å². The van der Waals surface area contributed by atoms with Crippen LogP contribution in [0.2, 0.25) is 0 Å². The molecule has 2 aromatic rings. The van der Waals surface area contributed by atoms with E-state index in [1.807, 2.05) is 19.9 Å². The van der Waals surface area contributed by atoms with Crippen LogP contribution in [0.5, 0.6) is 0 Å². The van der Waals surface area contributed by atoms with Crippen molar-refractivity contribution in [2.24, 2.45) is 0 Å². The predicted molar refractivity (Wildman–Crippen MR) is 59.3 cm³/mol. The maximum absolute atomic E-state index is 4.50. The molecule has 1 heterocycles. The Morgan fingerprint density at radius 3 is 2.93 bits per heavy atom. The fourth-order valence-electron chi connectivity index (χ4n) is 1.64. The summed E-state index contributed by atoms with van der Waals surface area (Å²) in [4.78, 5) is 4.50. The number of fused-ring (bicyclic) bond motifs is 1. The molecule has 0 unspecified atom stereocenters. The summed E-state index contributed by atoms with van der Waals surface area (Å²) in [5.74, 6) is 1.07. The van der Waals surface area contributed by atoms with Crippen LogP contribution in [0.15, 0.2) is 36.4 Å². The summed E-state index contributed by atoms with van der Waals surface area (Å²) < 4.78 is 2.22. The lowest BCUT2D eigenvalue weighted by Crippen LogP contribution is -1.97. The normalized spacial score (nSPS) is 11.6. The van der Waals surface area contributed by atoms with Crippen LogP contribution in [0.1, 0.15) is 12.7 Å². The molecule has 2 rings (SSSR count). The molecular formula is C12H14N2. The highest BCUT2D eigenvalue weighted by molar-refractivity contribution is 5.75. The lowest BCUT2D eigenvalue weighted by Gasteiger charge is -2.01. The molecule has 0 aliphatic carbocycles. The van der Waals surface area contributed by atoms with E-state index in [0.29, 0.717) is 0 Å². The molecule has 0 fully saturated rings. The van der Waals surface area contributed by atoms with E-state index in [4.69, 9.17) is 0 Å². The Hall–Kier alpha value is -1.57. The van der Waals surface area contributed by atoms with Gasteiger partial charge in [0.1, 0.15) is 5.82 Å². The van der Waals surface area contributed by atoms with E-state index in [1.165, 1.54) is 5.52 Å². The van der Waals surface area contributed by atoms with E-state index in [0.717, 1.165) is 17.9 Å². The Morgan fingerprint density at radius 2 is 2.14 bits per heavy atom. The van der Waals surface area contributed by atoms with Crippen molar-refractivity contribution in [1.82, 2.24) is 9.55 Å². The van der Waals surface area contributed by atoms with Gasteiger partial charge in [-0.2, -0.15) is 0 Å². The van der Waals surface area contributed by atoms with Crippen molar-refractivity contribution in [3.05, 3.63) is 42.2 Å². The van der Waals surface area contributed by atoms with Gasteiger partial charge in [-0.3, -0.25) is 0 Å². The molecule has 1 aromatic heterocycles. The second-order valence-electron chi connectivity index (χ2n) is 3.33. The molecule has 0 atom stereocenters. The first-order valence-corrected chi connectivity index (χ1v) is 4.86. The predicted octanol–water partition coefficient (Wildman–Crippen LogP) is 2.92. The van der Waals surface area contributed by atoms with Gasteiger partial charge in [0.2, 0.25) is 0 Å². The number of imidazole rings is 1. The van der Waals surface area contributed by atoms with Crippen LogP contribution in [-0.4, -0.2) is 9.55 Å². The number of aromatic nitrogens is 2. The zero-order valence-corrected chi connectivity index (χ0v) is 8.57. The number of allylic oxidation sites excluding steroid dienone is 2. The average Bonchev–Trinajstić information content (AvgIpc) is 2.51. The third-order valence-corrected chi connectivity index (χ3v) is 2.37. The van der Waals surface area contributed by atoms with Crippen LogP contribution in [0.4, 0.5) is 0 Å². The Labute approximate surface area is 83.9 Å². The highest BCUT2D eigenvalue weighted by Crippen LogP contribution is 2.14. The fraction of sp³-hybridized carbons (Fsp3) is 0.250. The third-order valence-electron chi connectivity index (χ3n) is 2.37. The Balaban J connectivity index is 2.56. The van der Waals surface area contributed by atoms with Crippen molar-refractivity contribution in [3.63, 3.8) is 0 Å². The van der Waals surface area contributed by atoms with Crippen LogP contribution in [0, 0.1) is 6.92 Å². The minimum absolute atomic E-state index is 0.906. The maximum atomic E-state index is 4.50. The van der Waals surface area contributed by atoms with Gasteiger partial charge in [-0.1, -0.05) is 24.3 Å². The molecule has 0 N–H and O–H groups in total. The first kappa shape index (κ1) is 9.00. The maximum Gasteiger partial charge on any atom is 0.107 e. The van der Waals surface area contributed by atoms with E-state index in [1.54, 1.807) is 0 Å². The number of nitrogens with zero attached hydrogens (tertiary/aromatic N) is 2. The fourth-order valence-corrected chi connectivity index (χ4v) is 1.64. The topological polar surface area (TPSA) is 17.8 Å². The number of para-hydroxylation sites is 2. The van der Waals surface area contributed by atoms with Gasteiger partial charge in [0.15, 0.2) is 0 Å². The monoisotopic (exact) mass is 186 g/mol. The van der Waals surface area contributed by atoms with Gasteiger partial charge in [0, 0.05) is 6.54 Å². The van der Waals surface area contributed by atoms with Crippen molar-refractivity contribution >= 4 is 11.0 Å². The molecule has 0 aliphatic heterocycles. The average molecular weight is 186 g/mol. The summed E-state index contributed by atoms with van der Waals surface area (Å²) in [6.07, 6.45) is 4.20. The van der Waals surface area contributed by atoms with Gasteiger partial charge in [0.25, 0.3) is 0 Å². The van der Waals surface area contributed by atoms with Crippen molar-refractivity contribution in [2.45, 2.75) is 20.4 Å². The molecule has 0 bridgehead atoms. The lowest BCUT2D eigenvalue weighted by atomic mass is 10.3. The Kier molecular flexibility index (Phi) is 2.35. The van der Waals surface area contributed by atoms with E-state index >= 15 is 0 Å². The second kappa shape index (κ2) is 3.66. The van der Waals surface area contributed by atoms with Gasteiger partial charge in [-0.05, 0) is 26.0 Å². The van der Waals surface area contributed by atoms with Gasteiger partial charge in [0.05, 0.1) is 11.0 Å². The quantitative estimate of drug-likeness (QED) is 0.659. The highest BCUT2D eigenvalue weighted by atomic mass is 15.1. The number of benzene rings is 1. The zero-order valence-electron chi connectivity index (χ0n) is 8.57. The van der Waals surface area contributed by atoms with Crippen molar-refractivity contribution < 1.29 is 0 Å². The summed E-state index contributed by atoms with van der Waals surface area (Å²) >= 11 is 0. The standard InChI is InChI=1S/C12H14N2/c1-3-4-9-14-10(2)13-11-7-5-6-8-12(11)14/h3-8H,9H2,1-2H3/b4-3+. The number of hydrogen-bond donors (Lipinski definition) is 0. The summed E-state index contributed by atoms with van der Waals surface area (Å²) in [5.41, 5.74) is 2.29. The Morgan fingerprint density at radius 1 is 1.36 bits per heavy atom. The first-order valence-electron chi connectivity index (χ1n) is 4.86. The second-order valence-corrected chi connectivity index (χ2v) is 3.33. The molecule has 1 aromatic carbocycles. The number of rotatable bonds is 2. The van der Waals surface area contributed by atoms with E-state index in [-0.39, 0.29) is 0 Å². The molecule has 2 heteroatoms. The highest BCUT2D eigenvalue weighted by Gasteiger charge is 2.03. The summed E-state index contributed by atoms with van der Waals surface area (Å²) in [6.45, 7) is 4.99. The minimum atomic E-state index is 0.906. The number of hydrogen-bond acceptors (Lipinski definition) is 1. The summed E-state index contributed by atoms with van der Waals surface area (Å²) in [7, 11) is 0. The van der Waals surface area contributed by atoms with E-state index < -0.39 is 0 Å². The summed E-state index contributed by atoms with van der Waals surface area (Å²) in [6, 6.07) is 8.23. The lowest BCUT2D eigenvalue weighted by molar-refractivity contribution is 0.805. The molecule has 0 saturated heterocycles. The molecule has 14 heavy (non-hydrogen) atoms. The van der Waals surface area contributed by atoms with Gasteiger partial charge >= 0.3 is 0 Å². The number of aryl methyl sites for hydroxylation is 1. The molecule has 0 amide bonds. The first-order chi connectivity index (χ1) is 6.83. The van der Waals surface area contributed by atoms with Gasteiger partial charge in [-0.15, -0.1) is 0 Å². The van der Waals surface area contributed by atoms with Crippen molar-refractivity contribution in [3.8, 4) is 0 Å². The van der Waals surface area contributed by atoms with Gasteiger partial charge in [-0.25, -0.2) is 4.98 Å². The zero-order chi connectivity index (χ0) is 9.97. The van der Waals surface area contributed by atoms with Gasteiger partial charge < -0.3 is 4.57 Å². The summed E-state index contributed by atoms with van der Waals surface area (Å²) in [5, 5.41) is 0. The molecule has 0 spiro atoms. The van der Waals surface area contributed by atoms with Crippen LogP contribution >= 0.6 is 0 Å². The SMILES string of the molecule is C/C=C/Cn1c(C)nc2ccccc21. The third kappa shape index (κ3) is 1.43. The molecule has 0 saturated carbocycles. The van der Waals surface area contributed by atoms with Crippen LogP contribution in [0.25, 0.3) is 11.0 Å². The van der Waals surface area contributed by atoms with E-state index in [2.05, 4.69) is 39.9 Å². The largest absolute Gasteiger partial charge is 0.324 e. The minimum Gasteiger partial charge on any atom is -0.324 e. The molecule has 2 nitrogen and oxygen atoms in total. The Bertz CT molecular complexity index is 466. The molecule has 0 radical (unpaired) electrons.